The summed E-state index contributed by atoms with van der Waals surface area (Å²) in [5.41, 5.74) is 0. The van der Waals surface area contributed by atoms with Crippen LogP contribution in [-0.2, 0) is 6.54 Å². The molecule has 0 saturated carbocycles. The van der Waals surface area contributed by atoms with Gasteiger partial charge in [-0.25, -0.2) is 4.98 Å². The molecule has 108 valence electrons. The summed E-state index contributed by atoms with van der Waals surface area (Å²) in [6.07, 6.45) is 4.20. The summed E-state index contributed by atoms with van der Waals surface area (Å²) in [6, 6.07) is 1.18. The second-order valence-electron chi connectivity index (χ2n) is 5.76. The fourth-order valence-corrected chi connectivity index (χ4v) is 2.79. The Kier molecular flexibility index (Phi) is 4.99. The van der Waals surface area contributed by atoms with E-state index in [9.17, 15) is 0 Å². The van der Waals surface area contributed by atoms with Crippen LogP contribution in [0.1, 0.15) is 45.3 Å². The van der Waals surface area contributed by atoms with E-state index in [4.69, 9.17) is 4.42 Å². The van der Waals surface area contributed by atoms with Gasteiger partial charge in [0.25, 0.3) is 0 Å². The molecule has 0 aliphatic carbocycles. The van der Waals surface area contributed by atoms with Crippen molar-refractivity contribution in [2.24, 2.45) is 5.92 Å². The third-order valence-corrected chi connectivity index (χ3v) is 4.37. The molecule has 4 heteroatoms. The van der Waals surface area contributed by atoms with Crippen molar-refractivity contribution >= 4 is 0 Å². The quantitative estimate of drug-likeness (QED) is 0.888. The molecule has 3 unspecified atom stereocenters. The number of piperazine rings is 1. The average molecular weight is 265 g/mol. The van der Waals surface area contributed by atoms with Gasteiger partial charge in [0.1, 0.15) is 5.76 Å². The number of hydrogen-bond acceptors (Lipinski definition) is 4. The van der Waals surface area contributed by atoms with Gasteiger partial charge in [-0.15, -0.1) is 0 Å². The van der Waals surface area contributed by atoms with Crippen LogP contribution in [0.25, 0.3) is 0 Å². The Balaban J connectivity index is 2.01. The summed E-state index contributed by atoms with van der Waals surface area (Å²) in [5.74, 6) is 2.46. The zero-order valence-electron chi connectivity index (χ0n) is 12.6. The van der Waals surface area contributed by atoms with Crippen molar-refractivity contribution < 1.29 is 4.42 Å². The van der Waals surface area contributed by atoms with Gasteiger partial charge in [0.05, 0.1) is 12.7 Å². The van der Waals surface area contributed by atoms with Crippen molar-refractivity contribution in [1.82, 2.24) is 15.2 Å². The zero-order chi connectivity index (χ0) is 13.8. The molecule has 1 aromatic rings. The summed E-state index contributed by atoms with van der Waals surface area (Å²) in [5, 5.41) is 3.70. The molecule has 1 aliphatic rings. The van der Waals surface area contributed by atoms with Gasteiger partial charge < -0.3 is 9.73 Å². The largest absolute Gasteiger partial charge is 0.445 e. The smallest absolute Gasteiger partial charge is 0.208 e. The molecule has 1 aliphatic heterocycles. The summed E-state index contributed by atoms with van der Waals surface area (Å²) >= 11 is 0. The third-order valence-electron chi connectivity index (χ3n) is 4.37. The first-order chi connectivity index (χ1) is 9.13. The van der Waals surface area contributed by atoms with Crippen LogP contribution in [0.3, 0.4) is 0 Å². The molecule has 0 amide bonds. The van der Waals surface area contributed by atoms with Crippen molar-refractivity contribution in [2.45, 2.75) is 59.2 Å². The molecule has 1 fully saturated rings. The predicted molar refractivity (Wildman–Crippen MR) is 77.0 cm³/mol. The lowest BCUT2D eigenvalue weighted by molar-refractivity contribution is 0.0903. The molecule has 2 heterocycles. The lowest BCUT2D eigenvalue weighted by atomic mass is 9.95. The lowest BCUT2D eigenvalue weighted by Crippen LogP contribution is -2.57. The molecule has 1 aromatic heterocycles. The second kappa shape index (κ2) is 6.53. The highest BCUT2D eigenvalue weighted by Gasteiger charge is 2.29. The van der Waals surface area contributed by atoms with Crippen molar-refractivity contribution in [1.29, 1.82) is 0 Å². The monoisotopic (exact) mass is 265 g/mol. The van der Waals surface area contributed by atoms with Gasteiger partial charge in [0, 0.05) is 25.2 Å². The molecule has 1 N–H and O–H groups in total. The van der Waals surface area contributed by atoms with Gasteiger partial charge in [-0.1, -0.05) is 27.2 Å². The van der Waals surface area contributed by atoms with Crippen LogP contribution in [-0.4, -0.2) is 35.1 Å². The van der Waals surface area contributed by atoms with Crippen molar-refractivity contribution in [3.05, 3.63) is 17.8 Å². The molecule has 19 heavy (non-hydrogen) atoms. The molecule has 2 rings (SSSR count). The number of hydrogen-bond donors (Lipinski definition) is 1. The number of oxazole rings is 1. The maximum absolute atomic E-state index is 5.63. The van der Waals surface area contributed by atoms with Crippen LogP contribution in [0.5, 0.6) is 0 Å². The van der Waals surface area contributed by atoms with Crippen LogP contribution in [0.2, 0.25) is 0 Å². The standard InChI is InChI=1S/C15H27N3O/c1-5-11(3)14-9-18(13(6-2)8-16-14)10-15-17-7-12(4)19-15/h7,11,13-14,16H,5-6,8-10H2,1-4H3. The van der Waals surface area contributed by atoms with Gasteiger partial charge >= 0.3 is 0 Å². The van der Waals surface area contributed by atoms with E-state index < -0.39 is 0 Å². The number of nitrogens with zero attached hydrogens (tertiary/aromatic N) is 2. The van der Waals surface area contributed by atoms with E-state index in [0.717, 1.165) is 31.3 Å². The molecule has 0 bridgehead atoms. The minimum Gasteiger partial charge on any atom is -0.445 e. The Bertz CT molecular complexity index is 390. The molecule has 4 nitrogen and oxygen atoms in total. The maximum Gasteiger partial charge on any atom is 0.208 e. The van der Waals surface area contributed by atoms with E-state index in [-0.39, 0.29) is 0 Å². The molecule has 0 aromatic carbocycles. The molecule has 3 atom stereocenters. The number of rotatable bonds is 5. The Morgan fingerprint density at radius 2 is 2.32 bits per heavy atom. The molecule has 0 radical (unpaired) electrons. The number of aryl methyl sites for hydroxylation is 1. The van der Waals surface area contributed by atoms with E-state index in [0.29, 0.717) is 18.0 Å². The van der Waals surface area contributed by atoms with Gasteiger partial charge in [-0.2, -0.15) is 0 Å². The number of aromatic nitrogens is 1. The van der Waals surface area contributed by atoms with Crippen LogP contribution >= 0.6 is 0 Å². The van der Waals surface area contributed by atoms with Gasteiger partial charge in [0.2, 0.25) is 5.89 Å². The third kappa shape index (κ3) is 3.57. The lowest BCUT2D eigenvalue weighted by Gasteiger charge is -2.41. The van der Waals surface area contributed by atoms with Crippen LogP contribution in [0.15, 0.2) is 10.6 Å². The highest BCUT2D eigenvalue weighted by atomic mass is 16.4. The van der Waals surface area contributed by atoms with E-state index in [1.165, 1.54) is 12.8 Å². The first-order valence-electron chi connectivity index (χ1n) is 7.52. The summed E-state index contributed by atoms with van der Waals surface area (Å²) in [6.45, 7) is 11.8. The van der Waals surface area contributed by atoms with Crippen LogP contribution in [0.4, 0.5) is 0 Å². The Morgan fingerprint density at radius 1 is 1.53 bits per heavy atom. The van der Waals surface area contributed by atoms with E-state index >= 15 is 0 Å². The topological polar surface area (TPSA) is 41.3 Å². The predicted octanol–water partition coefficient (Wildman–Crippen LogP) is 2.58. The molecule has 1 saturated heterocycles. The van der Waals surface area contributed by atoms with E-state index in [2.05, 4.69) is 36.0 Å². The maximum atomic E-state index is 5.63. The first-order valence-corrected chi connectivity index (χ1v) is 7.52. The Labute approximate surface area is 116 Å². The molecular weight excluding hydrogens is 238 g/mol. The SMILES string of the molecule is CCC(C)C1CN(Cc2ncc(C)o2)C(CC)CN1. The minimum absolute atomic E-state index is 0.587. The van der Waals surface area contributed by atoms with Crippen LogP contribution < -0.4 is 5.32 Å². The highest BCUT2D eigenvalue weighted by Crippen LogP contribution is 2.19. The molecule has 0 spiro atoms. The minimum atomic E-state index is 0.587. The first kappa shape index (κ1) is 14.5. The number of nitrogens with one attached hydrogen (secondary N) is 1. The second-order valence-corrected chi connectivity index (χ2v) is 5.76. The zero-order valence-corrected chi connectivity index (χ0v) is 12.6. The fraction of sp³-hybridized carbons (Fsp3) is 0.800. The summed E-state index contributed by atoms with van der Waals surface area (Å²) in [4.78, 5) is 6.87. The fourth-order valence-electron chi connectivity index (χ4n) is 2.79. The van der Waals surface area contributed by atoms with Gasteiger partial charge in [-0.3, -0.25) is 4.90 Å². The Hall–Kier alpha value is -0.870. The summed E-state index contributed by atoms with van der Waals surface area (Å²) in [7, 11) is 0. The van der Waals surface area contributed by atoms with Gasteiger partial charge in [0.15, 0.2) is 0 Å². The normalized spacial score (nSPS) is 26.5. The van der Waals surface area contributed by atoms with Crippen molar-refractivity contribution in [3.63, 3.8) is 0 Å². The van der Waals surface area contributed by atoms with E-state index in [1.54, 1.807) is 0 Å². The van der Waals surface area contributed by atoms with Crippen molar-refractivity contribution in [3.8, 4) is 0 Å². The Morgan fingerprint density at radius 3 is 2.89 bits per heavy atom. The van der Waals surface area contributed by atoms with Crippen LogP contribution in [0, 0.1) is 12.8 Å². The molecular formula is C15H27N3O. The summed E-state index contributed by atoms with van der Waals surface area (Å²) < 4.78 is 5.63. The van der Waals surface area contributed by atoms with Crippen molar-refractivity contribution in [2.75, 3.05) is 13.1 Å². The highest BCUT2D eigenvalue weighted by molar-refractivity contribution is 4.94. The van der Waals surface area contributed by atoms with E-state index in [1.807, 2.05) is 13.1 Å². The average Bonchev–Trinajstić information content (AvgIpc) is 2.83. The van der Waals surface area contributed by atoms with Gasteiger partial charge in [-0.05, 0) is 19.3 Å².